The molecular formula is C15H14N4OS2. The predicted octanol–water partition coefficient (Wildman–Crippen LogP) is 3.21. The van der Waals surface area contributed by atoms with Gasteiger partial charge >= 0.3 is 0 Å². The lowest BCUT2D eigenvalue weighted by Gasteiger charge is -2.04. The van der Waals surface area contributed by atoms with Gasteiger partial charge in [-0.25, -0.2) is 15.0 Å². The first-order valence-corrected chi connectivity index (χ1v) is 8.46. The molecule has 3 heterocycles. The number of hydrogen-bond acceptors (Lipinski definition) is 6. The summed E-state index contributed by atoms with van der Waals surface area (Å²) in [5.74, 6) is 0.404. The van der Waals surface area contributed by atoms with E-state index in [4.69, 9.17) is 0 Å². The van der Waals surface area contributed by atoms with Crippen LogP contribution in [0.1, 0.15) is 27.7 Å². The van der Waals surface area contributed by atoms with Gasteiger partial charge in [0.15, 0.2) is 0 Å². The maximum atomic E-state index is 12.2. The fourth-order valence-corrected chi connectivity index (χ4v) is 3.63. The molecule has 5 nitrogen and oxygen atoms in total. The molecule has 3 rings (SSSR count). The highest BCUT2D eigenvalue weighted by Crippen LogP contribution is 2.27. The maximum absolute atomic E-state index is 12.2. The largest absolute Gasteiger partial charge is 0.343 e. The van der Waals surface area contributed by atoms with Gasteiger partial charge in [0.05, 0.1) is 11.4 Å². The molecule has 112 valence electrons. The van der Waals surface area contributed by atoms with Crippen molar-refractivity contribution in [1.82, 2.24) is 20.3 Å². The van der Waals surface area contributed by atoms with Gasteiger partial charge in [0, 0.05) is 16.8 Å². The number of rotatable bonds is 4. The van der Waals surface area contributed by atoms with Gasteiger partial charge in [-0.1, -0.05) is 6.07 Å². The van der Waals surface area contributed by atoms with Crippen molar-refractivity contribution in [2.75, 3.05) is 0 Å². The number of aromatic nitrogens is 3. The second kappa shape index (κ2) is 6.33. The van der Waals surface area contributed by atoms with Crippen molar-refractivity contribution >= 4 is 28.6 Å². The number of aryl methyl sites for hydroxylation is 2. The number of thiophene rings is 1. The molecule has 1 N–H and O–H groups in total. The maximum Gasteiger partial charge on any atom is 0.271 e. The van der Waals surface area contributed by atoms with Crippen molar-refractivity contribution in [3.05, 3.63) is 51.9 Å². The minimum atomic E-state index is -0.207. The van der Waals surface area contributed by atoms with Gasteiger partial charge in [-0.05, 0) is 31.4 Å². The lowest BCUT2D eigenvalue weighted by molar-refractivity contribution is 0.0945. The molecule has 0 atom stereocenters. The summed E-state index contributed by atoms with van der Waals surface area (Å²) < 4.78 is 0. The molecule has 7 heteroatoms. The third-order valence-corrected chi connectivity index (χ3v) is 4.79. The standard InChI is InChI=1S/C15H14N4OS2/c1-9-6-10(2)18-13(17-9)7-16-14(20)11-8-22-15(19-11)12-4-3-5-21-12/h3-6,8H,7H2,1-2H3,(H,16,20). The van der Waals surface area contributed by atoms with E-state index in [2.05, 4.69) is 20.3 Å². The summed E-state index contributed by atoms with van der Waals surface area (Å²) in [5, 5.41) is 7.44. The van der Waals surface area contributed by atoms with Crippen molar-refractivity contribution in [2.45, 2.75) is 20.4 Å². The zero-order valence-electron chi connectivity index (χ0n) is 12.2. The van der Waals surface area contributed by atoms with E-state index in [0.29, 0.717) is 18.1 Å². The first kappa shape index (κ1) is 14.8. The second-order valence-electron chi connectivity index (χ2n) is 4.76. The van der Waals surface area contributed by atoms with E-state index in [-0.39, 0.29) is 5.91 Å². The van der Waals surface area contributed by atoms with Crippen LogP contribution in [0, 0.1) is 13.8 Å². The number of nitrogens with zero attached hydrogens (tertiary/aromatic N) is 3. The Kier molecular flexibility index (Phi) is 4.26. The average Bonchev–Trinajstić information content (AvgIpc) is 3.14. The predicted molar refractivity (Wildman–Crippen MR) is 88.1 cm³/mol. The third-order valence-electron chi connectivity index (χ3n) is 2.90. The number of carbonyl (C=O) groups excluding carboxylic acids is 1. The summed E-state index contributed by atoms with van der Waals surface area (Å²) in [6, 6.07) is 5.87. The Hall–Kier alpha value is -2.12. The summed E-state index contributed by atoms with van der Waals surface area (Å²) in [6.45, 7) is 4.12. The van der Waals surface area contributed by atoms with Crippen LogP contribution in [-0.4, -0.2) is 20.9 Å². The number of amides is 1. The summed E-state index contributed by atoms with van der Waals surface area (Å²) in [4.78, 5) is 26.2. The van der Waals surface area contributed by atoms with Crippen LogP contribution in [0.4, 0.5) is 0 Å². The minimum absolute atomic E-state index is 0.207. The first-order valence-electron chi connectivity index (χ1n) is 6.70. The molecule has 0 aliphatic rings. The molecule has 3 aromatic rings. The Morgan fingerprint density at radius 1 is 1.18 bits per heavy atom. The van der Waals surface area contributed by atoms with Crippen molar-refractivity contribution in [3.63, 3.8) is 0 Å². The van der Waals surface area contributed by atoms with E-state index in [0.717, 1.165) is 21.3 Å². The van der Waals surface area contributed by atoms with Gasteiger partial charge < -0.3 is 5.32 Å². The van der Waals surface area contributed by atoms with Crippen molar-refractivity contribution in [2.24, 2.45) is 0 Å². The molecule has 1 amide bonds. The zero-order valence-corrected chi connectivity index (χ0v) is 13.8. The Morgan fingerprint density at radius 3 is 2.64 bits per heavy atom. The second-order valence-corrected chi connectivity index (χ2v) is 6.57. The van der Waals surface area contributed by atoms with Crippen LogP contribution in [0.3, 0.4) is 0 Å². The molecule has 0 saturated carbocycles. The molecule has 0 unspecified atom stereocenters. The molecule has 0 aliphatic carbocycles. The SMILES string of the molecule is Cc1cc(C)nc(CNC(=O)c2csc(-c3cccs3)n2)n1. The van der Waals surface area contributed by atoms with Gasteiger partial charge in [0.25, 0.3) is 5.91 Å². The quantitative estimate of drug-likeness (QED) is 0.797. The average molecular weight is 330 g/mol. The molecule has 0 bridgehead atoms. The van der Waals surface area contributed by atoms with Gasteiger partial charge in [-0.3, -0.25) is 4.79 Å². The molecule has 0 spiro atoms. The van der Waals surface area contributed by atoms with Gasteiger partial charge in [0.2, 0.25) is 0 Å². The van der Waals surface area contributed by atoms with Gasteiger partial charge in [-0.2, -0.15) is 0 Å². The summed E-state index contributed by atoms with van der Waals surface area (Å²) in [5.41, 5.74) is 2.22. The number of thiazole rings is 1. The number of hydrogen-bond donors (Lipinski definition) is 1. The van der Waals surface area contributed by atoms with Crippen molar-refractivity contribution < 1.29 is 4.79 Å². The van der Waals surface area contributed by atoms with Crippen LogP contribution in [-0.2, 0) is 6.54 Å². The fourth-order valence-electron chi connectivity index (χ4n) is 2.02. The fraction of sp³-hybridized carbons (Fsp3) is 0.200. The lowest BCUT2D eigenvalue weighted by atomic mass is 10.3. The van der Waals surface area contributed by atoms with E-state index < -0.39 is 0 Å². The number of nitrogens with one attached hydrogen (secondary N) is 1. The Labute approximate surface area is 136 Å². The first-order chi connectivity index (χ1) is 10.6. The summed E-state index contributed by atoms with van der Waals surface area (Å²) in [7, 11) is 0. The monoisotopic (exact) mass is 330 g/mol. The molecule has 3 aromatic heterocycles. The Balaban J connectivity index is 1.67. The summed E-state index contributed by atoms with van der Waals surface area (Å²) >= 11 is 3.08. The molecule has 22 heavy (non-hydrogen) atoms. The molecule has 0 saturated heterocycles. The lowest BCUT2D eigenvalue weighted by Crippen LogP contribution is -2.24. The Bertz CT molecular complexity index is 775. The summed E-state index contributed by atoms with van der Waals surface area (Å²) in [6.07, 6.45) is 0. The van der Waals surface area contributed by atoms with E-state index in [9.17, 15) is 4.79 Å². The van der Waals surface area contributed by atoms with E-state index in [1.807, 2.05) is 37.4 Å². The third kappa shape index (κ3) is 3.37. The molecular weight excluding hydrogens is 316 g/mol. The molecule has 0 aromatic carbocycles. The van der Waals surface area contributed by atoms with Crippen LogP contribution in [0.15, 0.2) is 29.0 Å². The highest BCUT2D eigenvalue weighted by atomic mass is 32.1. The zero-order chi connectivity index (χ0) is 15.5. The molecule has 0 radical (unpaired) electrons. The van der Waals surface area contributed by atoms with Crippen LogP contribution >= 0.6 is 22.7 Å². The number of carbonyl (C=O) groups is 1. The smallest absolute Gasteiger partial charge is 0.271 e. The van der Waals surface area contributed by atoms with Gasteiger partial charge in [-0.15, -0.1) is 22.7 Å². The van der Waals surface area contributed by atoms with Gasteiger partial charge in [0.1, 0.15) is 16.5 Å². The van der Waals surface area contributed by atoms with Crippen molar-refractivity contribution in [1.29, 1.82) is 0 Å². The van der Waals surface area contributed by atoms with Crippen LogP contribution in [0.5, 0.6) is 0 Å². The van der Waals surface area contributed by atoms with E-state index in [1.165, 1.54) is 11.3 Å². The minimum Gasteiger partial charge on any atom is -0.343 e. The normalized spacial score (nSPS) is 10.6. The molecule has 0 aliphatic heterocycles. The van der Waals surface area contributed by atoms with E-state index in [1.54, 1.807) is 16.7 Å². The highest BCUT2D eigenvalue weighted by molar-refractivity contribution is 7.20. The van der Waals surface area contributed by atoms with Crippen LogP contribution in [0.25, 0.3) is 9.88 Å². The van der Waals surface area contributed by atoms with Crippen LogP contribution in [0.2, 0.25) is 0 Å². The van der Waals surface area contributed by atoms with Crippen molar-refractivity contribution in [3.8, 4) is 9.88 Å². The Morgan fingerprint density at radius 2 is 1.95 bits per heavy atom. The highest BCUT2D eigenvalue weighted by Gasteiger charge is 2.12. The molecule has 0 fully saturated rings. The van der Waals surface area contributed by atoms with Crippen LogP contribution < -0.4 is 5.32 Å². The topological polar surface area (TPSA) is 67.8 Å². The van der Waals surface area contributed by atoms with E-state index >= 15 is 0 Å².